The minimum absolute atomic E-state index is 0. The third kappa shape index (κ3) is 4.83. The first kappa shape index (κ1) is 22.6. The summed E-state index contributed by atoms with van der Waals surface area (Å²) in [5.41, 5.74) is 0.229. The summed E-state index contributed by atoms with van der Waals surface area (Å²) in [5, 5.41) is 9.73. The molecular weight excluding hydrogens is 396 g/mol. The van der Waals surface area contributed by atoms with Crippen molar-refractivity contribution in [3.63, 3.8) is 0 Å². The molecule has 0 bridgehead atoms. The number of methoxy groups -OCH3 is 2. The molecule has 0 aliphatic carbocycles. The van der Waals surface area contributed by atoms with Crippen LogP contribution in [-0.2, 0) is 0 Å². The molecule has 0 aliphatic heterocycles. The summed E-state index contributed by atoms with van der Waals surface area (Å²) in [5.74, 6) is -1.44. The minimum Gasteiger partial charge on any atom is -0.493 e. The largest absolute Gasteiger partial charge is 0.493 e. The van der Waals surface area contributed by atoms with Crippen molar-refractivity contribution in [3.8, 4) is 34.3 Å². The molecule has 3 aromatic rings. The van der Waals surface area contributed by atoms with Gasteiger partial charge in [-0.2, -0.15) is 0 Å². The summed E-state index contributed by atoms with van der Waals surface area (Å²) >= 11 is 5.96. The molecule has 0 spiro atoms. The van der Waals surface area contributed by atoms with Crippen LogP contribution in [0.25, 0.3) is 11.1 Å². The molecule has 2 aromatic carbocycles. The van der Waals surface area contributed by atoms with Gasteiger partial charge in [-0.05, 0) is 30.3 Å². The van der Waals surface area contributed by atoms with Crippen molar-refractivity contribution >= 4 is 36.4 Å². The normalized spacial score (nSPS) is 10.1. The SMILES string of the molecule is COc1cc(Cl)ccc1Oc1cc(F)c(C(=O)O)cc1-c1cccnc1OC.[Li]. The number of halogens is 2. The second kappa shape index (κ2) is 9.66. The fourth-order valence-electron chi connectivity index (χ4n) is 2.62. The standard InChI is InChI=1S/C20H15ClFNO5.Li/c1-26-18-8-11(21)5-6-16(18)28-17-10-15(22)14(20(24)25)9-13(17)12-4-3-7-23-19(12)27-2;/h3-10H,1-2H3,(H,24,25);. The molecule has 29 heavy (non-hydrogen) atoms. The number of ether oxygens (including phenoxy) is 3. The Morgan fingerprint density at radius 1 is 1.03 bits per heavy atom. The van der Waals surface area contributed by atoms with Crippen LogP contribution in [0.4, 0.5) is 4.39 Å². The summed E-state index contributed by atoms with van der Waals surface area (Å²) in [4.78, 5) is 15.5. The van der Waals surface area contributed by atoms with Crippen LogP contribution in [0.15, 0.2) is 48.7 Å². The van der Waals surface area contributed by atoms with Crippen LogP contribution in [0, 0.1) is 5.82 Å². The second-order valence-corrected chi connectivity index (χ2v) is 6.03. The van der Waals surface area contributed by atoms with E-state index < -0.39 is 17.3 Å². The minimum atomic E-state index is -1.41. The van der Waals surface area contributed by atoms with Crippen LogP contribution in [0.1, 0.15) is 10.4 Å². The molecule has 1 N–H and O–H groups in total. The molecule has 0 saturated heterocycles. The van der Waals surface area contributed by atoms with Gasteiger partial charge in [-0.25, -0.2) is 14.2 Å². The predicted molar refractivity (Wildman–Crippen MR) is 107 cm³/mol. The van der Waals surface area contributed by atoms with Gasteiger partial charge in [0.15, 0.2) is 11.5 Å². The van der Waals surface area contributed by atoms with Crippen molar-refractivity contribution in [2.45, 2.75) is 0 Å². The average Bonchev–Trinajstić information content (AvgIpc) is 2.69. The Kier molecular flexibility index (Phi) is 7.51. The Hall–Kier alpha value is -2.72. The van der Waals surface area contributed by atoms with Crippen molar-refractivity contribution in [1.29, 1.82) is 0 Å². The summed E-state index contributed by atoms with van der Waals surface area (Å²) in [6.45, 7) is 0. The van der Waals surface area contributed by atoms with Gasteiger partial charge in [0, 0.05) is 53.3 Å². The maximum atomic E-state index is 14.4. The molecule has 1 radical (unpaired) electrons. The molecule has 1 heterocycles. The molecule has 0 aliphatic rings. The summed E-state index contributed by atoms with van der Waals surface area (Å²) in [6.07, 6.45) is 1.52. The van der Waals surface area contributed by atoms with Crippen molar-refractivity contribution in [2.75, 3.05) is 14.2 Å². The smallest absolute Gasteiger partial charge is 0.338 e. The summed E-state index contributed by atoms with van der Waals surface area (Å²) < 4.78 is 30.7. The maximum absolute atomic E-state index is 14.4. The maximum Gasteiger partial charge on any atom is 0.338 e. The van der Waals surface area contributed by atoms with E-state index in [2.05, 4.69) is 4.98 Å². The van der Waals surface area contributed by atoms with E-state index >= 15 is 0 Å². The first-order valence-corrected chi connectivity index (χ1v) is 8.40. The van der Waals surface area contributed by atoms with E-state index in [-0.39, 0.29) is 36.2 Å². The van der Waals surface area contributed by atoms with Crippen molar-refractivity contribution in [1.82, 2.24) is 4.98 Å². The molecule has 0 amide bonds. The van der Waals surface area contributed by atoms with E-state index in [1.165, 1.54) is 26.5 Å². The van der Waals surface area contributed by atoms with Gasteiger partial charge < -0.3 is 19.3 Å². The molecule has 6 nitrogen and oxygen atoms in total. The van der Waals surface area contributed by atoms with Gasteiger partial charge in [0.25, 0.3) is 0 Å². The van der Waals surface area contributed by atoms with Crippen LogP contribution in [0.3, 0.4) is 0 Å². The Bertz CT molecular complexity index is 1050. The number of aromatic carboxylic acids is 1. The average molecular weight is 411 g/mol. The second-order valence-electron chi connectivity index (χ2n) is 5.59. The van der Waals surface area contributed by atoms with Gasteiger partial charge in [-0.3, -0.25) is 0 Å². The van der Waals surface area contributed by atoms with E-state index in [1.54, 1.807) is 30.3 Å². The van der Waals surface area contributed by atoms with Gasteiger partial charge in [0.05, 0.1) is 19.8 Å². The number of rotatable bonds is 6. The van der Waals surface area contributed by atoms with Gasteiger partial charge >= 0.3 is 5.97 Å². The number of hydrogen-bond donors (Lipinski definition) is 1. The van der Waals surface area contributed by atoms with Crippen LogP contribution >= 0.6 is 11.6 Å². The topological polar surface area (TPSA) is 77.9 Å². The summed E-state index contributed by atoms with van der Waals surface area (Å²) in [7, 11) is 2.87. The third-order valence-corrected chi connectivity index (χ3v) is 4.14. The van der Waals surface area contributed by atoms with Gasteiger partial charge in [-0.15, -0.1) is 0 Å². The van der Waals surface area contributed by atoms with Crippen LogP contribution in [-0.4, -0.2) is 49.1 Å². The van der Waals surface area contributed by atoms with E-state index in [1.807, 2.05) is 0 Å². The third-order valence-electron chi connectivity index (χ3n) is 3.90. The number of aromatic nitrogens is 1. The zero-order valence-electron chi connectivity index (χ0n) is 15.9. The molecule has 0 saturated carbocycles. The molecule has 0 atom stereocenters. The van der Waals surface area contributed by atoms with Crippen molar-refractivity contribution in [3.05, 3.63) is 65.1 Å². The van der Waals surface area contributed by atoms with Gasteiger partial charge in [-0.1, -0.05) is 11.6 Å². The number of nitrogens with zero attached hydrogens (tertiary/aromatic N) is 1. The molecular formula is C20H15ClFLiNO5. The number of pyridine rings is 1. The van der Waals surface area contributed by atoms with Crippen LogP contribution in [0.5, 0.6) is 23.1 Å². The number of carboxylic acids is 1. The van der Waals surface area contributed by atoms with Crippen molar-refractivity contribution in [2.24, 2.45) is 0 Å². The number of carbonyl (C=O) groups is 1. The van der Waals surface area contributed by atoms with E-state index in [0.29, 0.717) is 21.9 Å². The first-order valence-electron chi connectivity index (χ1n) is 8.02. The first-order chi connectivity index (χ1) is 13.4. The fourth-order valence-corrected chi connectivity index (χ4v) is 2.78. The molecule has 0 fully saturated rings. The monoisotopic (exact) mass is 410 g/mol. The summed E-state index contributed by atoms with van der Waals surface area (Å²) in [6, 6.07) is 10.2. The molecule has 145 valence electrons. The number of hydrogen-bond acceptors (Lipinski definition) is 5. The fraction of sp³-hybridized carbons (Fsp3) is 0.100. The van der Waals surface area contributed by atoms with Gasteiger partial charge in [0.1, 0.15) is 11.6 Å². The predicted octanol–water partition coefficient (Wildman–Crippen LogP) is 4.67. The molecule has 3 rings (SSSR count). The van der Waals surface area contributed by atoms with E-state index in [9.17, 15) is 14.3 Å². The zero-order valence-corrected chi connectivity index (χ0v) is 16.7. The Labute approximate surface area is 183 Å². The Balaban J connectivity index is 0.00000300. The molecule has 9 heteroatoms. The number of benzene rings is 2. The molecule has 1 aromatic heterocycles. The van der Waals surface area contributed by atoms with Gasteiger partial charge in [0.2, 0.25) is 5.88 Å². The number of carboxylic acid groups (broad SMARTS) is 1. The quantitative estimate of drug-likeness (QED) is 0.595. The van der Waals surface area contributed by atoms with Crippen LogP contribution in [0.2, 0.25) is 5.02 Å². The van der Waals surface area contributed by atoms with E-state index in [0.717, 1.165) is 6.07 Å². The molecule has 0 unspecified atom stereocenters. The Morgan fingerprint density at radius 2 is 1.79 bits per heavy atom. The van der Waals surface area contributed by atoms with E-state index in [4.69, 9.17) is 25.8 Å². The Morgan fingerprint density at radius 3 is 2.45 bits per heavy atom. The zero-order chi connectivity index (χ0) is 20.3. The van der Waals surface area contributed by atoms with Crippen molar-refractivity contribution < 1.29 is 28.5 Å². The van der Waals surface area contributed by atoms with Crippen LogP contribution < -0.4 is 14.2 Å².